The Morgan fingerprint density at radius 2 is 1.85 bits per heavy atom. The molecule has 1 aromatic heterocycles. The van der Waals surface area contributed by atoms with Crippen LogP contribution in [0.2, 0.25) is 0 Å². The van der Waals surface area contributed by atoms with E-state index in [1.807, 2.05) is 12.3 Å². The lowest BCUT2D eigenvalue weighted by Gasteiger charge is -2.24. The topological polar surface area (TPSA) is 28.2 Å². The highest BCUT2D eigenvalue weighted by atomic mass is 15.2. The van der Waals surface area contributed by atoms with Crippen molar-refractivity contribution in [1.29, 1.82) is 0 Å². The standard InChI is InChI=1S/C17H23N3/c1-3-18-13-16-11-8-12-19-17(16)20(4-2)14-15-9-6-5-7-10-15/h5-12,18H,3-4,13-14H2,1-2H3. The maximum absolute atomic E-state index is 4.58. The van der Waals surface area contributed by atoms with Gasteiger partial charge in [-0.1, -0.05) is 43.3 Å². The first-order chi connectivity index (χ1) is 9.85. The number of nitrogens with zero attached hydrogens (tertiary/aromatic N) is 2. The molecule has 0 aliphatic heterocycles. The lowest BCUT2D eigenvalue weighted by molar-refractivity contribution is 0.713. The second-order valence-electron chi connectivity index (χ2n) is 4.77. The van der Waals surface area contributed by atoms with Gasteiger partial charge in [0.05, 0.1) is 0 Å². The van der Waals surface area contributed by atoms with Crippen LogP contribution in [0.3, 0.4) is 0 Å². The van der Waals surface area contributed by atoms with Crippen molar-refractivity contribution < 1.29 is 0 Å². The van der Waals surface area contributed by atoms with Gasteiger partial charge >= 0.3 is 0 Å². The van der Waals surface area contributed by atoms with Gasteiger partial charge < -0.3 is 10.2 Å². The second kappa shape index (κ2) is 7.65. The monoisotopic (exact) mass is 269 g/mol. The van der Waals surface area contributed by atoms with Crippen molar-refractivity contribution in [2.75, 3.05) is 18.0 Å². The summed E-state index contributed by atoms with van der Waals surface area (Å²) in [6, 6.07) is 14.7. The average molecular weight is 269 g/mol. The van der Waals surface area contributed by atoms with Crippen molar-refractivity contribution in [3.05, 3.63) is 59.8 Å². The quantitative estimate of drug-likeness (QED) is 0.836. The Kier molecular flexibility index (Phi) is 5.56. The summed E-state index contributed by atoms with van der Waals surface area (Å²) in [6.45, 7) is 7.98. The molecule has 0 fully saturated rings. The number of benzene rings is 1. The minimum absolute atomic E-state index is 0.866. The number of hydrogen-bond donors (Lipinski definition) is 1. The Labute approximate surface area is 121 Å². The molecule has 3 nitrogen and oxygen atoms in total. The van der Waals surface area contributed by atoms with Gasteiger partial charge in [-0.25, -0.2) is 4.98 Å². The van der Waals surface area contributed by atoms with E-state index in [0.717, 1.165) is 32.0 Å². The van der Waals surface area contributed by atoms with Gasteiger partial charge in [-0.3, -0.25) is 0 Å². The minimum atomic E-state index is 0.866. The Hall–Kier alpha value is -1.87. The minimum Gasteiger partial charge on any atom is -0.352 e. The van der Waals surface area contributed by atoms with E-state index in [1.54, 1.807) is 0 Å². The summed E-state index contributed by atoms with van der Waals surface area (Å²) in [4.78, 5) is 6.91. The van der Waals surface area contributed by atoms with Crippen LogP contribution in [0.15, 0.2) is 48.7 Å². The van der Waals surface area contributed by atoms with Gasteiger partial charge in [0.25, 0.3) is 0 Å². The summed E-state index contributed by atoms with van der Waals surface area (Å²) in [5, 5.41) is 3.38. The SMILES string of the molecule is CCNCc1cccnc1N(CC)Cc1ccccc1. The van der Waals surface area contributed by atoms with Gasteiger partial charge in [0, 0.05) is 31.4 Å². The molecule has 0 atom stereocenters. The van der Waals surface area contributed by atoms with E-state index in [0.29, 0.717) is 0 Å². The third-order valence-corrected chi connectivity index (χ3v) is 3.33. The predicted molar refractivity (Wildman–Crippen MR) is 84.8 cm³/mol. The van der Waals surface area contributed by atoms with Gasteiger partial charge in [0.1, 0.15) is 5.82 Å². The molecule has 0 spiro atoms. The maximum Gasteiger partial charge on any atom is 0.133 e. The van der Waals surface area contributed by atoms with Crippen molar-refractivity contribution in [2.24, 2.45) is 0 Å². The van der Waals surface area contributed by atoms with Crippen LogP contribution in [0.1, 0.15) is 25.0 Å². The van der Waals surface area contributed by atoms with E-state index in [2.05, 4.69) is 65.4 Å². The molecule has 1 N–H and O–H groups in total. The van der Waals surface area contributed by atoms with Crippen LogP contribution in [0.4, 0.5) is 5.82 Å². The normalized spacial score (nSPS) is 10.5. The molecule has 0 amide bonds. The average Bonchev–Trinajstić information content (AvgIpc) is 2.52. The maximum atomic E-state index is 4.58. The van der Waals surface area contributed by atoms with Crippen LogP contribution in [-0.2, 0) is 13.1 Å². The lowest BCUT2D eigenvalue weighted by atomic mass is 10.2. The fourth-order valence-electron chi connectivity index (χ4n) is 2.25. The number of aromatic nitrogens is 1. The molecule has 0 aliphatic rings. The zero-order valence-corrected chi connectivity index (χ0v) is 12.3. The van der Waals surface area contributed by atoms with E-state index in [4.69, 9.17) is 0 Å². The highest BCUT2D eigenvalue weighted by Gasteiger charge is 2.11. The van der Waals surface area contributed by atoms with Crippen LogP contribution >= 0.6 is 0 Å². The van der Waals surface area contributed by atoms with E-state index in [9.17, 15) is 0 Å². The Balaban J connectivity index is 2.18. The summed E-state index contributed by atoms with van der Waals surface area (Å²) in [6.07, 6.45) is 1.87. The predicted octanol–water partition coefficient (Wildman–Crippen LogP) is 3.22. The number of nitrogens with one attached hydrogen (secondary N) is 1. The fraction of sp³-hybridized carbons (Fsp3) is 0.353. The zero-order chi connectivity index (χ0) is 14.2. The summed E-state index contributed by atoms with van der Waals surface area (Å²) in [5.41, 5.74) is 2.57. The molecule has 0 bridgehead atoms. The van der Waals surface area contributed by atoms with E-state index >= 15 is 0 Å². The molecule has 0 radical (unpaired) electrons. The second-order valence-corrected chi connectivity index (χ2v) is 4.77. The molecular formula is C17H23N3. The fourth-order valence-corrected chi connectivity index (χ4v) is 2.25. The molecule has 2 rings (SSSR count). The lowest BCUT2D eigenvalue weighted by Crippen LogP contribution is -2.25. The van der Waals surface area contributed by atoms with Crippen molar-refractivity contribution in [3.8, 4) is 0 Å². The van der Waals surface area contributed by atoms with Crippen LogP contribution in [-0.4, -0.2) is 18.1 Å². The molecule has 3 heteroatoms. The first-order valence-corrected chi connectivity index (χ1v) is 7.28. The van der Waals surface area contributed by atoms with Crippen molar-refractivity contribution in [2.45, 2.75) is 26.9 Å². The third-order valence-electron chi connectivity index (χ3n) is 3.33. The summed E-state index contributed by atoms with van der Waals surface area (Å²) in [7, 11) is 0. The van der Waals surface area contributed by atoms with Crippen LogP contribution < -0.4 is 10.2 Å². The molecule has 20 heavy (non-hydrogen) atoms. The van der Waals surface area contributed by atoms with Crippen molar-refractivity contribution >= 4 is 5.82 Å². The smallest absolute Gasteiger partial charge is 0.133 e. The molecule has 0 saturated heterocycles. The summed E-state index contributed by atoms with van der Waals surface area (Å²) in [5.74, 6) is 1.08. The molecule has 1 aromatic carbocycles. The molecule has 0 saturated carbocycles. The van der Waals surface area contributed by atoms with Crippen molar-refractivity contribution in [1.82, 2.24) is 10.3 Å². The summed E-state index contributed by atoms with van der Waals surface area (Å²) < 4.78 is 0. The Morgan fingerprint density at radius 3 is 2.55 bits per heavy atom. The van der Waals surface area contributed by atoms with E-state index in [1.165, 1.54) is 11.1 Å². The number of rotatable bonds is 7. The first-order valence-electron chi connectivity index (χ1n) is 7.28. The van der Waals surface area contributed by atoms with Gasteiger partial charge in [-0.05, 0) is 25.1 Å². The molecule has 2 aromatic rings. The van der Waals surface area contributed by atoms with Gasteiger partial charge in [-0.2, -0.15) is 0 Å². The van der Waals surface area contributed by atoms with Gasteiger partial charge in [-0.15, -0.1) is 0 Å². The van der Waals surface area contributed by atoms with Crippen LogP contribution in [0.5, 0.6) is 0 Å². The van der Waals surface area contributed by atoms with E-state index in [-0.39, 0.29) is 0 Å². The molecule has 0 aliphatic carbocycles. The number of pyridine rings is 1. The van der Waals surface area contributed by atoms with Gasteiger partial charge in [0.15, 0.2) is 0 Å². The molecule has 0 unspecified atom stereocenters. The first kappa shape index (κ1) is 14.5. The van der Waals surface area contributed by atoms with Crippen LogP contribution in [0, 0.1) is 0 Å². The number of hydrogen-bond acceptors (Lipinski definition) is 3. The van der Waals surface area contributed by atoms with Crippen molar-refractivity contribution in [3.63, 3.8) is 0 Å². The zero-order valence-electron chi connectivity index (χ0n) is 12.3. The summed E-state index contributed by atoms with van der Waals surface area (Å²) >= 11 is 0. The molecule has 1 heterocycles. The van der Waals surface area contributed by atoms with Crippen LogP contribution in [0.25, 0.3) is 0 Å². The van der Waals surface area contributed by atoms with Gasteiger partial charge in [0.2, 0.25) is 0 Å². The largest absolute Gasteiger partial charge is 0.352 e. The number of anilines is 1. The highest BCUT2D eigenvalue weighted by molar-refractivity contribution is 5.47. The molecule has 106 valence electrons. The Morgan fingerprint density at radius 1 is 1.05 bits per heavy atom. The third kappa shape index (κ3) is 3.81. The highest BCUT2D eigenvalue weighted by Crippen LogP contribution is 2.19. The molecular weight excluding hydrogens is 246 g/mol. The van der Waals surface area contributed by atoms with E-state index < -0.39 is 0 Å². The Bertz CT molecular complexity index is 511.